The SMILES string of the molecule is Cn1cnnc1CNC(=O)N1C(C(=O)O)CSC1C1CC1. The quantitative estimate of drug-likeness (QED) is 0.827. The van der Waals surface area contributed by atoms with Crippen molar-refractivity contribution < 1.29 is 14.7 Å². The summed E-state index contributed by atoms with van der Waals surface area (Å²) in [5.74, 6) is 0.567. The number of nitrogens with zero attached hydrogens (tertiary/aromatic N) is 4. The fourth-order valence-electron chi connectivity index (χ4n) is 2.43. The summed E-state index contributed by atoms with van der Waals surface area (Å²) in [6.45, 7) is 0.236. The first kappa shape index (κ1) is 14.2. The number of amides is 2. The van der Waals surface area contributed by atoms with Gasteiger partial charge < -0.3 is 15.0 Å². The number of carbonyl (C=O) groups excluding carboxylic acids is 1. The Balaban J connectivity index is 1.67. The summed E-state index contributed by atoms with van der Waals surface area (Å²) in [6, 6.07) is -1.09. The van der Waals surface area contributed by atoms with E-state index in [1.165, 1.54) is 4.90 Å². The average molecular weight is 311 g/mol. The van der Waals surface area contributed by atoms with E-state index in [4.69, 9.17) is 0 Å². The third-order valence-corrected chi connectivity index (χ3v) is 5.24. The molecule has 1 aliphatic carbocycles. The van der Waals surface area contributed by atoms with Crippen LogP contribution in [0, 0.1) is 5.92 Å². The predicted molar refractivity (Wildman–Crippen MR) is 75.5 cm³/mol. The van der Waals surface area contributed by atoms with Gasteiger partial charge in [-0.2, -0.15) is 0 Å². The van der Waals surface area contributed by atoms with E-state index in [0.717, 1.165) is 12.8 Å². The number of aliphatic carboxylic acids is 1. The van der Waals surface area contributed by atoms with Crippen LogP contribution in [-0.2, 0) is 18.4 Å². The summed E-state index contributed by atoms with van der Waals surface area (Å²) < 4.78 is 1.71. The van der Waals surface area contributed by atoms with Gasteiger partial charge in [-0.1, -0.05) is 0 Å². The van der Waals surface area contributed by atoms with Gasteiger partial charge in [0.05, 0.1) is 11.9 Å². The molecule has 2 N–H and O–H groups in total. The lowest BCUT2D eigenvalue weighted by molar-refractivity contribution is -0.141. The molecule has 2 atom stereocenters. The van der Waals surface area contributed by atoms with Crippen LogP contribution in [0.5, 0.6) is 0 Å². The normalized spacial score (nSPS) is 25.1. The summed E-state index contributed by atoms with van der Waals surface area (Å²) >= 11 is 1.56. The minimum Gasteiger partial charge on any atom is -0.480 e. The monoisotopic (exact) mass is 311 g/mol. The van der Waals surface area contributed by atoms with Gasteiger partial charge >= 0.3 is 12.0 Å². The van der Waals surface area contributed by atoms with Crippen LogP contribution in [-0.4, -0.2) is 53.9 Å². The summed E-state index contributed by atoms with van der Waals surface area (Å²) in [5, 5.41) is 19.7. The lowest BCUT2D eigenvalue weighted by atomic mass is 10.2. The molecule has 0 bridgehead atoms. The molecule has 0 radical (unpaired) electrons. The minimum absolute atomic E-state index is 0.0226. The highest BCUT2D eigenvalue weighted by molar-refractivity contribution is 8.00. The van der Waals surface area contributed by atoms with E-state index in [0.29, 0.717) is 17.5 Å². The molecule has 0 spiro atoms. The van der Waals surface area contributed by atoms with Gasteiger partial charge in [-0.25, -0.2) is 9.59 Å². The van der Waals surface area contributed by atoms with E-state index < -0.39 is 12.0 Å². The Hall–Kier alpha value is -1.77. The van der Waals surface area contributed by atoms with Gasteiger partial charge in [-0.05, 0) is 18.8 Å². The van der Waals surface area contributed by atoms with Gasteiger partial charge in [-0.15, -0.1) is 22.0 Å². The van der Waals surface area contributed by atoms with Crippen molar-refractivity contribution >= 4 is 23.8 Å². The van der Waals surface area contributed by atoms with Crippen LogP contribution >= 0.6 is 11.8 Å². The Kier molecular flexibility index (Phi) is 3.75. The highest BCUT2D eigenvalue weighted by Gasteiger charge is 2.48. The molecule has 2 heterocycles. The van der Waals surface area contributed by atoms with Gasteiger partial charge in [0.25, 0.3) is 0 Å². The summed E-state index contributed by atoms with van der Waals surface area (Å²) in [6.07, 6.45) is 3.69. The van der Waals surface area contributed by atoms with Gasteiger partial charge in [0.2, 0.25) is 0 Å². The van der Waals surface area contributed by atoms with Crippen molar-refractivity contribution in [1.82, 2.24) is 25.0 Å². The summed E-state index contributed by atoms with van der Waals surface area (Å²) in [7, 11) is 1.79. The Bertz CT molecular complexity index is 559. The van der Waals surface area contributed by atoms with E-state index in [-0.39, 0.29) is 17.9 Å². The second-order valence-electron chi connectivity index (χ2n) is 5.34. The number of nitrogens with one attached hydrogen (secondary N) is 1. The van der Waals surface area contributed by atoms with E-state index in [9.17, 15) is 14.7 Å². The molecule has 8 nitrogen and oxygen atoms in total. The molecule has 2 fully saturated rings. The first-order valence-corrected chi connectivity index (χ1v) is 7.86. The fraction of sp³-hybridized carbons (Fsp3) is 0.667. The molecule has 3 rings (SSSR count). The zero-order valence-electron chi connectivity index (χ0n) is 11.6. The van der Waals surface area contributed by atoms with Gasteiger partial charge in [0.1, 0.15) is 12.4 Å². The maximum atomic E-state index is 12.4. The van der Waals surface area contributed by atoms with E-state index in [2.05, 4.69) is 15.5 Å². The van der Waals surface area contributed by atoms with Crippen molar-refractivity contribution in [2.24, 2.45) is 13.0 Å². The van der Waals surface area contributed by atoms with E-state index in [1.807, 2.05) is 0 Å². The highest BCUT2D eigenvalue weighted by Crippen LogP contribution is 2.45. The molecule has 9 heteroatoms. The minimum atomic E-state index is -0.945. The topological polar surface area (TPSA) is 100 Å². The van der Waals surface area contributed by atoms with Crippen molar-refractivity contribution in [2.75, 3.05) is 5.75 Å². The molecule has 1 aromatic heterocycles. The molecule has 2 amide bonds. The van der Waals surface area contributed by atoms with Crippen LogP contribution < -0.4 is 5.32 Å². The average Bonchev–Trinajstić information content (AvgIpc) is 3.06. The highest BCUT2D eigenvalue weighted by atomic mass is 32.2. The van der Waals surface area contributed by atoms with Crippen molar-refractivity contribution in [1.29, 1.82) is 0 Å². The van der Waals surface area contributed by atoms with Crippen LogP contribution in [0.4, 0.5) is 4.79 Å². The van der Waals surface area contributed by atoms with E-state index >= 15 is 0 Å². The molecule has 1 saturated carbocycles. The second kappa shape index (κ2) is 5.55. The number of aromatic nitrogens is 3. The van der Waals surface area contributed by atoms with Crippen molar-refractivity contribution in [3.8, 4) is 0 Å². The number of urea groups is 1. The van der Waals surface area contributed by atoms with Crippen LogP contribution in [0.1, 0.15) is 18.7 Å². The van der Waals surface area contributed by atoms with Crippen LogP contribution in [0.2, 0.25) is 0 Å². The van der Waals surface area contributed by atoms with Crippen LogP contribution in [0.25, 0.3) is 0 Å². The molecule has 0 aromatic carbocycles. The third-order valence-electron chi connectivity index (χ3n) is 3.78. The molecule has 1 aliphatic heterocycles. The third kappa shape index (κ3) is 2.82. The lowest BCUT2D eigenvalue weighted by Gasteiger charge is -2.27. The van der Waals surface area contributed by atoms with Gasteiger partial charge in [-0.3, -0.25) is 4.90 Å². The van der Waals surface area contributed by atoms with Gasteiger partial charge in [0, 0.05) is 12.8 Å². The molecule has 114 valence electrons. The van der Waals surface area contributed by atoms with E-state index in [1.54, 1.807) is 29.7 Å². The van der Waals surface area contributed by atoms with Crippen molar-refractivity contribution in [2.45, 2.75) is 30.8 Å². The molecular formula is C12H17N5O3S. The number of carboxylic acid groups (broad SMARTS) is 1. The molecule has 1 aromatic rings. The second-order valence-corrected chi connectivity index (χ2v) is 6.49. The van der Waals surface area contributed by atoms with Crippen LogP contribution in [0.15, 0.2) is 6.33 Å². The Labute approximate surface area is 125 Å². The molecular weight excluding hydrogens is 294 g/mol. The fourth-order valence-corrected chi connectivity index (χ4v) is 4.06. The first-order valence-electron chi connectivity index (χ1n) is 6.81. The number of hydrogen-bond acceptors (Lipinski definition) is 5. The number of aryl methyl sites for hydroxylation is 1. The van der Waals surface area contributed by atoms with Crippen molar-refractivity contribution in [3.05, 3.63) is 12.2 Å². The summed E-state index contributed by atoms with van der Waals surface area (Å²) in [4.78, 5) is 25.2. The Morgan fingerprint density at radius 1 is 1.52 bits per heavy atom. The molecule has 1 saturated heterocycles. The number of carbonyl (C=O) groups is 2. The number of rotatable bonds is 4. The zero-order valence-corrected chi connectivity index (χ0v) is 12.4. The number of thioether (sulfide) groups is 1. The van der Waals surface area contributed by atoms with Gasteiger partial charge in [0.15, 0.2) is 5.82 Å². The Morgan fingerprint density at radius 2 is 2.29 bits per heavy atom. The molecule has 2 aliphatic rings. The first-order chi connectivity index (χ1) is 10.1. The summed E-state index contributed by atoms with van der Waals surface area (Å²) in [5.41, 5.74) is 0. The Morgan fingerprint density at radius 3 is 2.86 bits per heavy atom. The molecule has 21 heavy (non-hydrogen) atoms. The maximum absolute atomic E-state index is 12.4. The lowest BCUT2D eigenvalue weighted by Crippen LogP contribution is -2.50. The number of carboxylic acids is 1. The standard InChI is InChI=1S/C12H17N5O3S/c1-16-6-14-15-9(16)4-13-12(20)17-8(11(18)19)5-21-10(17)7-2-3-7/h6-8,10H,2-5H2,1H3,(H,13,20)(H,18,19). The predicted octanol–water partition coefficient (Wildman–Crippen LogP) is 0.263. The number of hydrogen-bond donors (Lipinski definition) is 2. The van der Waals surface area contributed by atoms with Crippen molar-refractivity contribution in [3.63, 3.8) is 0 Å². The smallest absolute Gasteiger partial charge is 0.327 e. The van der Waals surface area contributed by atoms with Crippen LogP contribution in [0.3, 0.4) is 0 Å². The largest absolute Gasteiger partial charge is 0.480 e. The molecule has 2 unspecified atom stereocenters. The maximum Gasteiger partial charge on any atom is 0.327 e. The zero-order chi connectivity index (χ0) is 15.0.